The molecule has 21 heavy (non-hydrogen) atoms. The number of phenolic OH excluding ortho intramolecular Hbond substituents is 1. The van der Waals surface area contributed by atoms with Crippen molar-refractivity contribution in [3.05, 3.63) is 29.3 Å². The Labute approximate surface area is 127 Å². The van der Waals surface area contributed by atoms with E-state index in [4.69, 9.17) is 0 Å². The van der Waals surface area contributed by atoms with Gasteiger partial charge in [0.2, 0.25) is 0 Å². The van der Waals surface area contributed by atoms with Crippen LogP contribution in [0.1, 0.15) is 30.0 Å². The van der Waals surface area contributed by atoms with Crippen molar-refractivity contribution in [2.24, 2.45) is 0 Å². The third-order valence-electron chi connectivity index (χ3n) is 4.86. The third kappa shape index (κ3) is 3.76. The minimum Gasteiger partial charge on any atom is -0.508 e. The van der Waals surface area contributed by atoms with E-state index in [2.05, 4.69) is 28.2 Å². The lowest BCUT2D eigenvalue weighted by Gasteiger charge is -2.33. The Hall–Kier alpha value is -1.10. The first-order chi connectivity index (χ1) is 10.2. The van der Waals surface area contributed by atoms with Crippen molar-refractivity contribution in [3.8, 4) is 5.75 Å². The van der Waals surface area contributed by atoms with Crippen LogP contribution in [0.4, 0.5) is 0 Å². The lowest BCUT2D eigenvalue weighted by molar-refractivity contribution is 0.153. The van der Waals surface area contributed by atoms with Gasteiger partial charge in [0.1, 0.15) is 5.75 Å². The minimum absolute atomic E-state index is 0.395. The molecule has 0 spiro atoms. The largest absolute Gasteiger partial charge is 0.508 e. The highest BCUT2D eigenvalue weighted by Crippen LogP contribution is 2.31. The molecule has 0 saturated carbocycles. The minimum atomic E-state index is 0.395. The number of likely N-dealkylation sites (N-methyl/N-ethyl adjacent to an activating group) is 1. The van der Waals surface area contributed by atoms with Gasteiger partial charge in [-0.1, -0.05) is 6.07 Å². The van der Waals surface area contributed by atoms with Crippen molar-refractivity contribution in [1.82, 2.24) is 15.1 Å². The summed E-state index contributed by atoms with van der Waals surface area (Å²) < 4.78 is 0. The van der Waals surface area contributed by atoms with Gasteiger partial charge in [0.15, 0.2) is 0 Å². The molecule has 1 aromatic carbocycles. The molecule has 2 aliphatic rings. The zero-order valence-electron chi connectivity index (χ0n) is 13.0. The highest BCUT2D eigenvalue weighted by Gasteiger charge is 2.20. The van der Waals surface area contributed by atoms with Crippen LogP contribution in [0.2, 0.25) is 0 Å². The molecule has 0 bridgehead atoms. The summed E-state index contributed by atoms with van der Waals surface area (Å²) in [6.07, 6.45) is 3.52. The molecule has 1 aromatic rings. The second-order valence-electron chi connectivity index (χ2n) is 6.43. The average molecular weight is 289 g/mol. The van der Waals surface area contributed by atoms with Crippen LogP contribution >= 0.6 is 0 Å². The van der Waals surface area contributed by atoms with E-state index in [1.807, 2.05) is 12.1 Å². The molecule has 0 radical (unpaired) electrons. The van der Waals surface area contributed by atoms with Crippen LogP contribution in [0.3, 0.4) is 0 Å². The van der Waals surface area contributed by atoms with Crippen molar-refractivity contribution >= 4 is 0 Å². The molecule has 2 N–H and O–H groups in total. The van der Waals surface area contributed by atoms with Gasteiger partial charge < -0.3 is 15.3 Å². The molecule has 1 fully saturated rings. The molecular weight excluding hydrogens is 262 g/mol. The fourth-order valence-electron chi connectivity index (χ4n) is 3.48. The van der Waals surface area contributed by atoms with Gasteiger partial charge in [0.05, 0.1) is 0 Å². The molecule has 1 unspecified atom stereocenters. The van der Waals surface area contributed by atoms with Gasteiger partial charge in [0.25, 0.3) is 0 Å². The van der Waals surface area contributed by atoms with Gasteiger partial charge in [-0.2, -0.15) is 0 Å². The van der Waals surface area contributed by atoms with Crippen molar-refractivity contribution in [2.45, 2.75) is 25.3 Å². The second-order valence-corrected chi connectivity index (χ2v) is 6.43. The van der Waals surface area contributed by atoms with Crippen LogP contribution in [-0.2, 0) is 6.42 Å². The van der Waals surface area contributed by atoms with Gasteiger partial charge >= 0.3 is 0 Å². The predicted octanol–water partition coefficient (Wildman–Crippen LogP) is 1.61. The average Bonchev–Trinajstić information content (AvgIpc) is 2.49. The van der Waals surface area contributed by atoms with Gasteiger partial charge in [-0.25, -0.2) is 0 Å². The highest BCUT2D eigenvalue weighted by molar-refractivity contribution is 5.38. The number of nitrogens with zero attached hydrogens (tertiary/aromatic N) is 2. The summed E-state index contributed by atoms with van der Waals surface area (Å²) in [6, 6.07) is 6.31. The zero-order chi connectivity index (χ0) is 14.7. The molecule has 1 atom stereocenters. The van der Waals surface area contributed by atoms with E-state index in [0.717, 1.165) is 19.5 Å². The molecule has 1 aliphatic carbocycles. The maximum Gasteiger partial charge on any atom is 0.115 e. The van der Waals surface area contributed by atoms with Gasteiger partial charge in [0, 0.05) is 45.3 Å². The summed E-state index contributed by atoms with van der Waals surface area (Å²) in [6.45, 7) is 6.93. The van der Waals surface area contributed by atoms with Crippen LogP contribution in [0.25, 0.3) is 0 Å². The molecule has 1 aliphatic heterocycles. The van der Waals surface area contributed by atoms with E-state index in [-0.39, 0.29) is 0 Å². The summed E-state index contributed by atoms with van der Waals surface area (Å²) in [5, 5.41) is 13.3. The Balaban J connectivity index is 1.50. The van der Waals surface area contributed by atoms with Crippen molar-refractivity contribution in [1.29, 1.82) is 0 Å². The third-order valence-corrected chi connectivity index (χ3v) is 4.86. The van der Waals surface area contributed by atoms with Gasteiger partial charge in [-0.15, -0.1) is 0 Å². The monoisotopic (exact) mass is 289 g/mol. The number of fused-ring (bicyclic) bond motifs is 1. The molecule has 3 rings (SSSR count). The molecule has 1 heterocycles. The normalized spacial score (nSPS) is 24.0. The zero-order valence-corrected chi connectivity index (χ0v) is 13.0. The lowest BCUT2D eigenvalue weighted by Crippen LogP contribution is -2.46. The highest BCUT2D eigenvalue weighted by atomic mass is 16.3. The quantitative estimate of drug-likeness (QED) is 0.883. The number of hydrogen-bond donors (Lipinski definition) is 2. The summed E-state index contributed by atoms with van der Waals surface area (Å²) >= 11 is 0. The number of benzene rings is 1. The number of rotatable bonds is 4. The molecule has 0 amide bonds. The Morgan fingerprint density at radius 1 is 1.24 bits per heavy atom. The number of phenols is 1. The number of hydrogen-bond acceptors (Lipinski definition) is 4. The van der Waals surface area contributed by atoms with E-state index < -0.39 is 0 Å². The van der Waals surface area contributed by atoms with E-state index in [1.54, 1.807) is 0 Å². The van der Waals surface area contributed by atoms with Crippen LogP contribution in [0, 0.1) is 0 Å². The fraction of sp³-hybridized carbons (Fsp3) is 0.647. The van der Waals surface area contributed by atoms with E-state index in [1.165, 1.54) is 50.1 Å². The number of aryl methyl sites for hydroxylation is 1. The van der Waals surface area contributed by atoms with E-state index in [9.17, 15) is 5.11 Å². The van der Waals surface area contributed by atoms with Crippen LogP contribution in [0.15, 0.2) is 18.2 Å². The Bertz CT molecular complexity index is 469. The number of piperazine rings is 1. The molecule has 0 aromatic heterocycles. The Morgan fingerprint density at radius 3 is 2.86 bits per heavy atom. The topological polar surface area (TPSA) is 38.7 Å². The molecular formula is C17H27N3O. The van der Waals surface area contributed by atoms with Gasteiger partial charge in [-0.05, 0) is 49.6 Å². The summed E-state index contributed by atoms with van der Waals surface area (Å²) in [5.41, 5.74) is 2.70. The second kappa shape index (κ2) is 6.77. The molecule has 116 valence electrons. The van der Waals surface area contributed by atoms with Crippen LogP contribution < -0.4 is 5.32 Å². The Kier molecular flexibility index (Phi) is 4.78. The number of aromatic hydroxyl groups is 1. The van der Waals surface area contributed by atoms with E-state index in [0.29, 0.717) is 11.8 Å². The van der Waals surface area contributed by atoms with Crippen LogP contribution in [0.5, 0.6) is 5.75 Å². The first kappa shape index (κ1) is 14.8. The smallest absolute Gasteiger partial charge is 0.115 e. The van der Waals surface area contributed by atoms with Crippen molar-refractivity contribution in [2.75, 3.05) is 46.3 Å². The summed E-state index contributed by atoms with van der Waals surface area (Å²) in [5.74, 6) is 0.395. The summed E-state index contributed by atoms with van der Waals surface area (Å²) in [7, 11) is 2.20. The first-order valence-electron chi connectivity index (χ1n) is 8.18. The Morgan fingerprint density at radius 2 is 2.05 bits per heavy atom. The first-order valence-corrected chi connectivity index (χ1v) is 8.18. The lowest BCUT2D eigenvalue weighted by atomic mass is 9.87. The molecule has 1 saturated heterocycles. The predicted molar refractivity (Wildman–Crippen MR) is 85.7 cm³/mol. The van der Waals surface area contributed by atoms with Crippen molar-refractivity contribution < 1.29 is 5.11 Å². The standard InChI is InChI=1S/C17H27N3O/c1-19-9-11-20(12-10-19)8-7-18-17-4-2-3-14-13-15(21)5-6-16(14)17/h5-6,13,17-18,21H,2-4,7-12H2,1H3. The molecule has 4 nitrogen and oxygen atoms in total. The van der Waals surface area contributed by atoms with Crippen molar-refractivity contribution in [3.63, 3.8) is 0 Å². The molecule has 4 heteroatoms. The summed E-state index contributed by atoms with van der Waals surface area (Å²) in [4.78, 5) is 4.95. The number of nitrogens with one attached hydrogen (secondary N) is 1. The fourth-order valence-corrected chi connectivity index (χ4v) is 3.48. The van der Waals surface area contributed by atoms with Crippen LogP contribution in [-0.4, -0.2) is 61.2 Å². The van der Waals surface area contributed by atoms with E-state index >= 15 is 0 Å². The maximum atomic E-state index is 9.61. The van der Waals surface area contributed by atoms with Gasteiger partial charge in [-0.3, -0.25) is 4.90 Å². The maximum absolute atomic E-state index is 9.61. The SMILES string of the molecule is CN1CCN(CCNC2CCCc3cc(O)ccc32)CC1.